The second-order valence-electron chi connectivity index (χ2n) is 4.29. The standard InChI is InChI=1S/C12H21N/c1-6-13-8-11(9(2)3)7-12(13)10(4)5/h7-10H,6H2,1-5H3. The van der Waals surface area contributed by atoms with Gasteiger partial charge in [0.05, 0.1) is 0 Å². The van der Waals surface area contributed by atoms with E-state index < -0.39 is 0 Å². The second kappa shape index (κ2) is 3.99. The zero-order valence-electron chi connectivity index (χ0n) is 9.46. The van der Waals surface area contributed by atoms with Gasteiger partial charge in [-0.2, -0.15) is 0 Å². The number of hydrogen-bond donors (Lipinski definition) is 0. The SMILES string of the molecule is CCn1cc(C(C)C)cc1C(C)C. The molecule has 1 nitrogen and oxygen atoms in total. The third-order valence-electron chi connectivity index (χ3n) is 2.55. The van der Waals surface area contributed by atoms with E-state index in [0.29, 0.717) is 11.8 Å². The Balaban J connectivity index is 3.04. The van der Waals surface area contributed by atoms with Crippen molar-refractivity contribution in [2.75, 3.05) is 0 Å². The molecule has 0 aliphatic heterocycles. The molecule has 0 aromatic carbocycles. The highest BCUT2D eigenvalue weighted by Crippen LogP contribution is 2.23. The van der Waals surface area contributed by atoms with Crippen LogP contribution in [0.2, 0.25) is 0 Å². The highest BCUT2D eigenvalue weighted by Gasteiger charge is 2.09. The van der Waals surface area contributed by atoms with E-state index in [1.807, 2.05) is 0 Å². The number of hydrogen-bond acceptors (Lipinski definition) is 0. The summed E-state index contributed by atoms with van der Waals surface area (Å²) in [6.45, 7) is 12.3. The molecule has 13 heavy (non-hydrogen) atoms. The Bertz CT molecular complexity index is 269. The first kappa shape index (κ1) is 10.4. The molecule has 74 valence electrons. The van der Waals surface area contributed by atoms with Crippen molar-refractivity contribution in [2.45, 2.75) is 53.0 Å². The van der Waals surface area contributed by atoms with Gasteiger partial charge in [0.1, 0.15) is 0 Å². The quantitative estimate of drug-likeness (QED) is 0.666. The van der Waals surface area contributed by atoms with E-state index in [1.165, 1.54) is 11.3 Å². The van der Waals surface area contributed by atoms with Crippen LogP contribution in [0, 0.1) is 0 Å². The van der Waals surface area contributed by atoms with E-state index in [-0.39, 0.29) is 0 Å². The monoisotopic (exact) mass is 179 g/mol. The Kier molecular flexibility index (Phi) is 3.18. The summed E-state index contributed by atoms with van der Waals surface area (Å²) in [6.07, 6.45) is 2.29. The lowest BCUT2D eigenvalue weighted by molar-refractivity contribution is 0.672. The average Bonchev–Trinajstić information content (AvgIpc) is 2.47. The molecule has 0 unspecified atom stereocenters. The van der Waals surface area contributed by atoms with Crippen molar-refractivity contribution in [3.05, 3.63) is 23.5 Å². The van der Waals surface area contributed by atoms with Gasteiger partial charge in [-0.15, -0.1) is 0 Å². The topological polar surface area (TPSA) is 4.93 Å². The molecule has 0 aliphatic carbocycles. The lowest BCUT2D eigenvalue weighted by Crippen LogP contribution is -2.00. The fourth-order valence-electron chi connectivity index (χ4n) is 1.63. The van der Waals surface area contributed by atoms with Crippen LogP contribution < -0.4 is 0 Å². The minimum absolute atomic E-state index is 0.632. The maximum absolute atomic E-state index is 2.36. The van der Waals surface area contributed by atoms with Crippen LogP contribution in [-0.2, 0) is 6.54 Å². The van der Waals surface area contributed by atoms with Crippen LogP contribution >= 0.6 is 0 Å². The highest BCUT2D eigenvalue weighted by molar-refractivity contribution is 5.23. The van der Waals surface area contributed by atoms with E-state index >= 15 is 0 Å². The van der Waals surface area contributed by atoms with E-state index in [9.17, 15) is 0 Å². The average molecular weight is 179 g/mol. The van der Waals surface area contributed by atoms with Gasteiger partial charge >= 0.3 is 0 Å². The molecule has 1 rings (SSSR count). The van der Waals surface area contributed by atoms with E-state index in [0.717, 1.165) is 6.54 Å². The molecule has 0 atom stereocenters. The van der Waals surface area contributed by atoms with Crippen LogP contribution in [-0.4, -0.2) is 4.57 Å². The number of aryl methyl sites for hydroxylation is 1. The van der Waals surface area contributed by atoms with Crippen LogP contribution in [0.3, 0.4) is 0 Å². The fourth-order valence-corrected chi connectivity index (χ4v) is 1.63. The van der Waals surface area contributed by atoms with Gasteiger partial charge in [0.25, 0.3) is 0 Å². The number of rotatable bonds is 3. The van der Waals surface area contributed by atoms with Crippen LogP contribution in [0.25, 0.3) is 0 Å². The minimum Gasteiger partial charge on any atom is -0.351 e. The lowest BCUT2D eigenvalue weighted by atomic mass is 10.1. The summed E-state index contributed by atoms with van der Waals surface area (Å²) in [7, 11) is 0. The van der Waals surface area contributed by atoms with Crippen molar-refractivity contribution in [3.8, 4) is 0 Å². The zero-order chi connectivity index (χ0) is 10.0. The Morgan fingerprint density at radius 1 is 1.15 bits per heavy atom. The van der Waals surface area contributed by atoms with Gasteiger partial charge in [-0.1, -0.05) is 27.7 Å². The molecule has 0 saturated carbocycles. The third kappa shape index (κ3) is 2.15. The molecule has 0 aliphatic rings. The number of aromatic nitrogens is 1. The highest BCUT2D eigenvalue weighted by atomic mass is 15.0. The lowest BCUT2D eigenvalue weighted by Gasteiger charge is -2.08. The molecule has 1 aromatic heterocycles. The first-order chi connectivity index (χ1) is 6.06. The summed E-state index contributed by atoms with van der Waals surface area (Å²) in [6, 6.07) is 2.35. The van der Waals surface area contributed by atoms with Gasteiger partial charge in [-0.25, -0.2) is 0 Å². The maximum atomic E-state index is 2.36. The van der Waals surface area contributed by atoms with E-state index in [4.69, 9.17) is 0 Å². The molecule has 1 aromatic rings. The number of nitrogens with zero attached hydrogens (tertiary/aromatic N) is 1. The van der Waals surface area contributed by atoms with Gasteiger partial charge in [0.15, 0.2) is 0 Å². The summed E-state index contributed by atoms with van der Waals surface area (Å²) < 4.78 is 2.36. The normalized spacial score (nSPS) is 11.6. The summed E-state index contributed by atoms with van der Waals surface area (Å²) in [5.41, 5.74) is 2.93. The predicted octanol–water partition coefficient (Wildman–Crippen LogP) is 3.75. The van der Waals surface area contributed by atoms with Crippen molar-refractivity contribution in [1.82, 2.24) is 4.57 Å². The van der Waals surface area contributed by atoms with Crippen molar-refractivity contribution in [2.24, 2.45) is 0 Å². The third-order valence-corrected chi connectivity index (χ3v) is 2.55. The Morgan fingerprint density at radius 3 is 2.08 bits per heavy atom. The Morgan fingerprint density at radius 2 is 1.77 bits per heavy atom. The van der Waals surface area contributed by atoms with Crippen molar-refractivity contribution in [1.29, 1.82) is 0 Å². The van der Waals surface area contributed by atoms with Gasteiger partial charge in [-0.3, -0.25) is 0 Å². The Hall–Kier alpha value is -0.720. The maximum Gasteiger partial charge on any atom is 0.0203 e. The molecular formula is C12H21N. The molecule has 0 bridgehead atoms. The first-order valence-electron chi connectivity index (χ1n) is 5.26. The molecule has 0 spiro atoms. The smallest absolute Gasteiger partial charge is 0.0203 e. The van der Waals surface area contributed by atoms with Crippen molar-refractivity contribution in [3.63, 3.8) is 0 Å². The van der Waals surface area contributed by atoms with Crippen molar-refractivity contribution >= 4 is 0 Å². The molecule has 0 fully saturated rings. The van der Waals surface area contributed by atoms with Gasteiger partial charge in [0, 0.05) is 18.4 Å². The van der Waals surface area contributed by atoms with Gasteiger partial charge in [0.2, 0.25) is 0 Å². The molecule has 0 saturated heterocycles. The predicted molar refractivity (Wildman–Crippen MR) is 58.3 cm³/mol. The van der Waals surface area contributed by atoms with Gasteiger partial charge in [-0.05, 0) is 30.4 Å². The molecular weight excluding hydrogens is 158 g/mol. The minimum atomic E-state index is 0.632. The zero-order valence-corrected chi connectivity index (χ0v) is 9.46. The van der Waals surface area contributed by atoms with Crippen LogP contribution in [0.1, 0.15) is 57.7 Å². The fraction of sp³-hybridized carbons (Fsp3) is 0.667. The summed E-state index contributed by atoms with van der Waals surface area (Å²) in [5.74, 6) is 1.28. The molecule has 0 amide bonds. The van der Waals surface area contributed by atoms with Crippen LogP contribution in [0.15, 0.2) is 12.3 Å². The molecule has 1 heterocycles. The van der Waals surface area contributed by atoms with Crippen molar-refractivity contribution < 1.29 is 0 Å². The van der Waals surface area contributed by atoms with E-state index in [1.54, 1.807) is 0 Å². The largest absolute Gasteiger partial charge is 0.351 e. The first-order valence-corrected chi connectivity index (χ1v) is 5.26. The Labute approximate surface area is 81.8 Å². The summed E-state index contributed by atoms with van der Waals surface area (Å²) >= 11 is 0. The van der Waals surface area contributed by atoms with Crippen LogP contribution in [0.5, 0.6) is 0 Å². The van der Waals surface area contributed by atoms with E-state index in [2.05, 4.69) is 51.4 Å². The summed E-state index contributed by atoms with van der Waals surface area (Å²) in [5, 5.41) is 0. The summed E-state index contributed by atoms with van der Waals surface area (Å²) in [4.78, 5) is 0. The molecule has 0 radical (unpaired) electrons. The molecule has 0 N–H and O–H groups in total. The molecule has 1 heteroatoms. The second-order valence-corrected chi connectivity index (χ2v) is 4.29. The van der Waals surface area contributed by atoms with Crippen LogP contribution in [0.4, 0.5) is 0 Å². The van der Waals surface area contributed by atoms with Gasteiger partial charge < -0.3 is 4.57 Å².